The van der Waals surface area contributed by atoms with E-state index in [9.17, 15) is 4.79 Å². The molecule has 0 saturated carbocycles. The van der Waals surface area contributed by atoms with Crippen molar-refractivity contribution in [3.05, 3.63) is 65.2 Å². The van der Waals surface area contributed by atoms with Gasteiger partial charge >= 0.3 is 6.09 Å². The van der Waals surface area contributed by atoms with Gasteiger partial charge in [0.05, 0.1) is 6.07 Å². The lowest BCUT2D eigenvalue weighted by atomic mass is 10.2. The summed E-state index contributed by atoms with van der Waals surface area (Å²) in [4.78, 5) is 13.4. The predicted molar refractivity (Wildman–Crippen MR) is 81.0 cm³/mol. The second-order valence-electron chi connectivity index (χ2n) is 4.26. The SMILES string of the molecule is N#CCN(C(=O)OCc1ccccc1)c1cccc(Cl)c1. The molecule has 0 fully saturated rings. The lowest BCUT2D eigenvalue weighted by Crippen LogP contribution is -2.31. The first-order valence-electron chi connectivity index (χ1n) is 6.31. The Morgan fingerprint density at radius 2 is 1.95 bits per heavy atom. The lowest BCUT2D eigenvalue weighted by molar-refractivity contribution is 0.148. The van der Waals surface area contributed by atoms with Gasteiger partial charge in [0.25, 0.3) is 0 Å². The number of nitrogens with zero attached hydrogens (tertiary/aromatic N) is 2. The van der Waals surface area contributed by atoms with Crippen molar-refractivity contribution in [1.82, 2.24) is 0 Å². The minimum absolute atomic E-state index is 0.103. The summed E-state index contributed by atoms with van der Waals surface area (Å²) in [5, 5.41) is 9.36. The van der Waals surface area contributed by atoms with Crippen LogP contribution in [0.2, 0.25) is 5.02 Å². The minimum atomic E-state index is -0.581. The average Bonchev–Trinajstić information content (AvgIpc) is 2.51. The van der Waals surface area contributed by atoms with Crippen LogP contribution < -0.4 is 4.90 Å². The summed E-state index contributed by atoms with van der Waals surface area (Å²) >= 11 is 5.91. The summed E-state index contributed by atoms with van der Waals surface area (Å²) in [5.41, 5.74) is 1.41. The van der Waals surface area contributed by atoms with E-state index in [2.05, 4.69) is 0 Å². The number of hydrogen-bond acceptors (Lipinski definition) is 3. The number of carbonyl (C=O) groups excluding carboxylic acids is 1. The van der Waals surface area contributed by atoms with E-state index in [-0.39, 0.29) is 13.2 Å². The summed E-state index contributed by atoms with van der Waals surface area (Å²) in [6.07, 6.45) is -0.581. The van der Waals surface area contributed by atoms with Crippen molar-refractivity contribution in [1.29, 1.82) is 5.26 Å². The van der Waals surface area contributed by atoms with Gasteiger partial charge in [0.1, 0.15) is 13.2 Å². The molecule has 0 saturated heterocycles. The number of hydrogen-bond donors (Lipinski definition) is 0. The Kier molecular flexibility index (Phi) is 5.19. The molecule has 21 heavy (non-hydrogen) atoms. The third-order valence-electron chi connectivity index (χ3n) is 2.77. The van der Waals surface area contributed by atoms with Crippen LogP contribution in [0.4, 0.5) is 10.5 Å². The van der Waals surface area contributed by atoms with E-state index in [1.54, 1.807) is 24.3 Å². The van der Waals surface area contributed by atoms with E-state index in [0.29, 0.717) is 10.7 Å². The number of benzene rings is 2. The van der Waals surface area contributed by atoms with Crippen molar-refractivity contribution in [3.8, 4) is 6.07 Å². The molecule has 0 spiro atoms. The number of amides is 1. The van der Waals surface area contributed by atoms with E-state index in [0.717, 1.165) is 5.56 Å². The Morgan fingerprint density at radius 1 is 1.19 bits per heavy atom. The Balaban J connectivity index is 2.08. The first-order valence-corrected chi connectivity index (χ1v) is 6.69. The number of anilines is 1. The van der Waals surface area contributed by atoms with E-state index < -0.39 is 6.09 Å². The second kappa shape index (κ2) is 7.32. The highest BCUT2D eigenvalue weighted by molar-refractivity contribution is 6.30. The molecule has 0 N–H and O–H groups in total. The molecule has 0 aliphatic heterocycles. The number of rotatable bonds is 4. The predicted octanol–water partition coefficient (Wildman–Crippen LogP) is 4.01. The maximum absolute atomic E-state index is 12.1. The van der Waals surface area contributed by atoms with Gasteiger partial charge in [-0.2, -0.15) is 5.26 Å². The van der Waals surface area contributed by atoms with Gasteiger partial charge < -0.3 is 4.74 Å². The Labute approximate surface area is 128 Å². The first-order chi connectivity index (χ1) is 10.2. The van der Waals surface area contributed by atoms with E-state index in [1.807, 2.05) is 36.4 Å². The van der Waals surface area contributed by atoms with Crippen LogP contribution in [-0.2, 0) is 11.3 Å². The molecule has 106 valence electrons. The van der Waals surface area contributed by atoms with Crippen LogP contribution in [0.1, 0.15) is 5.56 Å². The van der Waals surface area contributed by atoms with Gasteiger partial charge in [0.2, 0.25) is 0 Å². The van der Waals surface area contributed by atoms with Crippen LogP contribution >= 0.6 is 11.6 Å². The topological polar surface area (TPSA) is 53.3 Å². The van der Waals surface area contributed by atoms with E-state index in [1.165, 1.54) is 4.90 Å². The highest BCUT2D eigenvalue weighted by Crippen LogP contribution is 2.20. The molecule has 0 aromatic heterocycles. The fourth-order valence-corrected chi connectivity index (χ4v) is 1.96. The molecule has 0 heterocycles. The zero-order chi connectivity index (χ0) is 15.1. The fraction of sp³-hybridized carbons (Fsp3) is 0.125. The van der Waals surface area contributed by atoms with Gasteiger partial charge in [-0.15, -0.1) is 0 Å². The van der Waals surface area contributed by atoms with Crippen LogP contribution in [-0.4, -0.2) is 12.6 Å². The third-order valence-corrected chi connectivity index (χ3v) is 3.01. The van der Waals surface area contributed by atoms with Gasteiger partial charge in [-0.25, -0.2) is 4.79 Å². The van der Waals surface area contributed by atoms with Crippen molar-refractivity contribution in [2.45, 2.75) is 6.61 Å². The molecule has 2 aromatic carbocycles. The van der Waals surface area contributed by atoms with Crippen LogP contribution in [0, 0.1) is 11.3 Å². The van der Waals surface area contributed by atoms with Gasteiger partial charge in [-0.05, 0) is 23.8 Å². The number of nitriles is 1. The maximum atomic E-state index is 12.1. The fourth-order valence-electron chi connectivity index (χ4n) is 1.77. The molecule has 1 amide bonds. The Morgan fingerprint density at radius 3 is 2.62 bits per heavy atom. The zero-order valence-electron chi connectivity index (χ0n) is 11.2. The standard InChI is InChI=1S/C16H13ClN2O2/c17-14-7-4-8-15(11-14)19(10-9-18)16(20)21-12-13-5-2-1-3-6-13/h1-8,11H,10,12H2. The first kappa shape index (κ1) is 14.9. The van der Waals surface area contributed by atoms with E-state index in [4.69, 9.17) is 21.6 Å². The number of carbonyl (C=O) groups is 1. The van der Waals surface area contributed by atoms with Crippen molar-refractivity contribution in [3.63, 3.8) is 0 Å². The largest absolute Gasteiger partial charge is 0.444 e. The van der Waals surface area contributed by atoms with Crippen LogP contribution in [0.3, 0.4) is 0 Å². The summed E-state index contributed by atoms with van der Waals surface area (Å²) in [6.45, 7) is 0.0517. The molecule has 5 heteroatoms. The van der Waals surface area contributed by atoms with Crippen molar-refractivity contribution in [2.75, 3.05) is 11.4 Å². The van der Waals surface area contributed by atoms with Crippen molar-refractivity contribution >= 4 is 23.4 Å². The molecule has 0 radical (unpaired) electrons. The number of halogens is 1. The van der Waals surface area contributed by atoms with Gasteiger partial charge in [-0.1, -0.05) is 48.0 Å². The second-order valence-corrected chi connectivity index (χ2v) is 4.70. The molecule has 0 aliphatic rings. The third kappa shape index (κ3) is 4.23. The average molecular weight is 301 g/mol. The molecule has 0 aliphatic carbocycles. The molecule has 2 aromatic rings. The normalized spacial score (nSPS) is 9.71. The van der Waals surface area contributed by atoms with Gasteiger partial charge in [0, 0.05) is 10.7 Å². The molecule has 2 rings (SSSR count). The minimum Gasteiger partial charge on any atom is -0.444 e. The lowest BCUT2D eigenvalue weighted by Gasteiger charge is -2.19. The summed E-state index contributed by atoms with van der Waals surface area (Å²) in [7, 11) is 0. The quantitative estimate of drug-likeness (QED) is 0.802. The monoisotopic (exact) mass is 300 g/mol. The molecule has 0 unspecified atom stereocenters. The summed E-state index contributed by atoms with van der Waals surface area (Å²) in [5.74, 6) is 0. The zero-order valence-corrected chi connectivity index (χ0v) is 12.0. The van der Waals surface area contributed by atoms with Gasteiger partial charge in [-0.3, -0.25) is 4.90 Å². The van der Waals surface area contributed by atoms with Crippen LogP contribution in [0.25, 0.3) is 0 Å². The Bertz CT molecular complexity index is 653. The van der Waals surface area contributed by atoms with E-state index >= 15 is 0 Å². The van der Waals surface area contributed by atoms with Crippen LogP contribution in [0.15, 0.2) is 54.6 Å². The highest BCUT2D eigenvalue weighted by atomic mass is 35.5. The van der Waals surface area contributed by atoms with Crippen LogP contribution in [0.5, 0.6) is 0 Å². The van der Waals surface area contributed by atoms with Crippen molar-refractivity contribution < 1.29 is 9.53 Å². The number of ether oxygens (including phenoxy) is 1. The smallest absolute Gasteiger partial charge is 0.415 e. The molecular formula is C16H13ClN2O2. The maximum Gasteiger partial charge on any atom is 0.415 e. The summed E-state index contributed by atoms with van der Waals surface area (Å²) < 4.78 is 5.23. The molecule has 0 atom stereocenters. The highest BCUT2D eigenvalue weighted by Gasteiger charge is 2.17. The molecule has 0 bridgehead atoms. The summed E-state index contributed by atoms with van der Waals surface area (Å²) in [6, 6.07) is 18.0. The van der Waals surface area contributed by atoms with Crippen molar-refractivity contribution in [2.24, 2.45) is 0 Å². The molecular weight excluding hydrogens is 288 g/mol. The van der Waals surface area contributed by atoms with Gasteiger partial charge in [0.15, 0.2) is 0 Å². The molecule has 4 nitrogen and oxygen atoms in total. The Hall–Kier alpha value is -2.51.